The molecule has 0 bridgehead atoms. The number of nitrogens with zero attached hydrogens (tertiary/aromatic N) is 2. The van der Waals surface area contributed by atoms with Crippen LogP contribution in [0.15, 0.2) is 0 Å². The van der Waals surface area contributed by atoms with Gasteiger partial charge in [-0.3, -0.25) is 9.69 Å². The van der Waals surface area contributed by atoms with Crippen molar-refractivity contribution in [3.05, 3.63) is 0 Å². The number of hydrogen-bond acceptors (Lipinski definition) is 2. The molecule has 2 saturated heterocycles. The van der Waals surface area contributed by atoms with E-state index in [1.807, 2.05) is 11.9 Å². The molecule has 0 aromatic heterocycles. The van der Waals surface area contributed by atoms with Crippen LogP contribution >= 0.6 is 0 Å². The first-order valence-corrected chi connectivity index (χ1v) is 4.28. The quantitative estimate of drug-likeness (QED) is 0.527. The van der Waals surface area contributed by atoms with Crippen LogP contribution in [-0.2, 0) is 4.79 Å². The molecule has 2 heterocycles. The van der Waals surface area contributed by atoms with Crippen molar-refractivity contribution in [2.45, 2.75) is 18.9 Å². The van der Waals surface area contributed by atoms with Gasteiger partial charge >= 0.3 is 0 Å². The summed E-state index contributed by atoms with van der Waals surface area (Å²) in [6, 6.07) is 0.218. The molecule has 0 aromatic carbocycles. The third kappa shape index (κ3) is 1.03. The number of amides is 1. The highest BCUT2D eigenvalue weighted by molar-refractivity contribution is 5.83. The fourth-order valence-electron chi connectivity index (χ4n) is 1.58. The van der Waals surface area contributed by atoms with E-state index in [1.165, 1.54) is 6.42 Å². The zero-order chi connectivity index (χ0) is 7.84. The standard InChI is InChI=1S/C8H14N2O/c1-9-6-3-7(9)8(11)10-4-2-5-10/h7H,2-6H2,1H3. The van der Waals surface area contributed by atoms with Crippen LogP contribution in [0.5, 0.6) is 0 Å². The zero-order valence-corrected chi connectivity index (χ0v) is 6.92. The van der Waals surface area contributed by atoms with E-state index in [2.05, 4.69) is 4.90 Å². The van der Waals surface area contributed by atoms with E-state index in [4.69, 9.17) is 0 Å². The summed E-state index contributed by atoms with van der Waals surface area (Å²) in [5.41, 5.74) is 0. The summed E-state index contributed by atoms with van der Waals surface area (Å²) in [6.07, 6.45) is 2.26. The SMILES string of the molecule is CN1CCC1C(=O)N1CCC1. The molecular formula is C8H14N2O. The van der Waals surface area contributed by atoms with Gasteiger partial charge in [0.2, 0.25) is 5.91 Å². The predicted molar refractivity (Wildman–Crippen MR) is 42.2 cm³/mol. The van der Waals surface area contributed by atoms with E-state index in [0.29, 0.717) is 5.91 Å². The summed E-state index contributed by atoms with van der Waals surface area (Å²) in [4.78, 5) is 15.6. The van der Waals surface area contributed by atoms with Crippen molar-refractivity contribution in [3.8, 4) is 0 Å². The normalized spacial score (nSPS) is 31.0. The number of likely N-dealkylation sites (N-methyl/N-ethyl adjacent to an activating group) is 1. The maximum atomic E-state index is 11.5. The molecule has 2 aliphatic heterocycles. The minimum atomic E-state index is 0.218. The lowest BCUT2D eigenvalue weighted by Crippen LogP contribution is -2.57. The van der Waals surface area contributed by atoms with Crippen LogP contribution in [-0.4, -0.2) is 48.4 Å². The largest absolute Gasteiger partial charge is 0.341 e. The average Bonchev–Trinajstić information content (AvgIpc) is 1.80. The summed E-state index contributed by atoms with van der Waals surface area (Å²) in [5, 5.41) is 0. The van der Waals surface area contributed by atoms with Crippen LogP contribution in [0.4, 0.5) is 0 Å². The Hall–Kier alpha value is -0.570. The molecule has 0 radical (unpaired) electrons. The lowest BCUT2D eigenvalue weighted by molar-refractivity contribution is -0.144. The Bertz CT molecular complexity index is 177. The third-order valence-corrected chi connectivity index (χ3v) is 2.74. The molecule has 0 spiro atoms. The van der Waals surface area contributed by atoms with Gasteiger partial charge in [0, 0.05) is 19.6 Å². The molecule has 0 aliphatic carbocycles. The number of likely N-dealkylation sites (tertiary alicyclic amines) is 2. The van der Waals surface area contributed by atoms with Crippen molar-refractivity contribution in [1.29, 1.82) is 0 Å². The second kappa shape index (κ2) is 2.48. The average molecular weight is 154 g/mol. The van der Waals surface area contributed by atoms with Crippen molar-refractivity contribution in [2.24, 2.45) is 0 Å². The number of hydrogen-bond donors (Lipinski definition) is 0. The molecule has 2 rings (SSSR count). The van der Waals surface area contributed by atoms with Gasteiger partial charge in [0.1, 0.15) is 0 Å². The molecule has 0 saturated carbocycles. The minimum Gasteiger partial charge on any atom is -0.341 e. The highest BCUT2D eigenvalue weighted by Crippen LogP contribution is 2.19. The first-order valence-electron chi connectivity index (χ1n) is 4.28. The smallest absolute Gasteiger partial charge is 0.239 e. The van der Waals surface area contributed by atoms with Crippen LogP contribution < -0.4 is 0 Å². The molecule has 1 unspecified atom stereocenters. The fraction of sp³-hybridized carbons (Fsp3) is 0.875. The Balaban J connectivity index is 1.88. The third-order valence-electron chi connectivity index (χ3n) is 2.74. The van der Waals surface area contributed by atoms with Crippen LogP contribution in [0.1, 0.15) is 12.8 Å². The predicted octanol–water partition coefficient (Wildman–Crippen LogP) is -0.0772. The van der Waals surface area contributed by atoms with Crippen LogP contribution in [0.25, 0.3) is 0 Å². The summed E-state index contributed by atoms with van der Waals surface area (Å²) in [7, 11) is 2.02. The summed E-state index contributed by atoms with van der Waals surface area (Å²) in [6.45, 7) is 3.07. The van der Waals surface area contributed by atoms with Crippen molar-refractivity contribution in [3.63, 3.8) is 0 Å². The van der Waals surface area contributed by atoms with Crippen LogP contribution in [0, 0.1) is 0 Å². The van der Waals surface area contributed by atoms with E-state index in [1.54, 1.807) is 0 Å². The molecule has 62 valence electrons. The molecule has 2 aliphatic rings. The molecule has 11 heavy (non-hydrogen) atoms. The summed E-state index contributed by atoms with van der Waals surface area (Å²) >= 11 is 0. The van der Waals surface area contributed by atoms with Crippen molar-refractivity contribution in [2.75, 3.05) is 26.7 Å². The number of carbonyl (C=O) groups is 1. The van der Waals surface area contributed by atoms with Gasteiger partial charge in [-0.05, 0) is 19.9 Å². The summed E-state index contributed by atoms with van der Waals surface area (Å²) in [5.74, 6) is 0.352. The Morgan fingerprint density at radius 3 is 2.36 bits per heavy atom. The lowest BCUT2D eigenvalue weighted by Gasteiger charge is -2.42. The molecule has 1 amide bonds. The Kier molecular flexibility index (Phi) is 1.60. The fourth-order valence-corrected chi connectivity index (χ4v) is 1.58. The molecule has 0 N–H and O–H groups in total. The molecule has 3 nitrogen and oxygen atoms in total. The van der Waals surface area contributed by atoms with E-state index in [-0.39, 0.29) is 6.04 Å². The lowest BCUT2D eigenvalue weighted by atomic mass is 10.0. The van der Waals surface area contributed by atoms with E-state index in [9.17, 15) is 4.79 Å². The van der Waals surface area contributed by atoms with Gasteiger partial charge in [-0.25, -0.2) is 0 Å². The van der Waals surface area contributed by atoms with E-state index in [0.717, 1.165) is 26.1 Å². The van der Waals surface area contributed by atoms with Gasteiger partial charge in [0.05, 0.1) is 6.04 Å². The molecule has 2 fully saturated rings. The van der Waals surface area contributed by atoms with Gasteiger partial charge in [0.25, 0.3) is 0 Å². The number of rotatable bonds is 1. The highest BCUT2D eigenvalue weighted by Gasteiger charge is 2.35. The molecule has 3 heteroatoms. The van der Waals surface area contributed by atoms with Crippen molar-refractivity contribution < 1.29 is 4.79 Å². The van der Waals surface area contributed by atoms with Gasteiger partial charge in [-0.15, -0.1) is 0 Å². The topological polar surface area (TPSA) is 23.6 Å². The molecule has 0 aromatic rings. The zero-order valence-electron chi connectivity index (χ0n) is 6.92. The van der Waals surface area contributed by atoms with Crippen LogP contribution in [0.3, 0.4) is 0 Å². The molecular weight excluding hydrogens is 140 g/mol. The number of carbonyl (C=O) groups excluding carboxylic acids is 1. The van der Waals surface area contributed by atoms with E-state index < -0.39 is 0 Å². The maximum absolute atomic E-state index is 11.5. The Morgan fingerprint density at radius 2 is 2.09 bits per heavy atom. The highest BCUT2D eigenvalue weighted by atomic mass is 16.2. The first kappa shape index (κ1) is 7.10. The Morgan fingerprint density at radius 1 is 1.36 bits per heavy atom. The van der Waals surface area contributed by atoms with Gasteiger partial charge in [0.15, 0.2) is 0 Å². The second-order valence-electron chi connectivity index (χ2n) is 3.46. The van der Waals surface area contributed by atoms with Gasteiger partial charge in [-0.2, -0.15) is 0 Å². The molecule has 1 atom stereocenters. The minimum absolute atomic E-state index is 0.218. The second-order valence-corrected chi connectivity index (χ2v) is 3.46. The van der Waals surface area contributed by atoms with E-state index >= 15 is 0 Å². The van der Waals surface area contributed by atoms with Crippen molar-refractivity contribution >= 4 is 5.91 Å². The summed E-state index contributed by atoms with van der Waals surface area (Å²) < 4.78 is 0. The van der Waals surface area contributed by atoms with Gasteiger partial charge < -0.3 is 4.90 Å². The van der Waals surface area contributed by atoms with Crippen molar-refractivity contribution in [1.82, 2.24) is 9.80 Å². The monoisotopic (exact) mass is 154 g/mol. The van der Waals surface area contributed by atoms with Crippen LogP contribution in [0.2, 0.25) is 0 Å². The maximum Gasteiger partial charge on any atom is 0.239 e. The first-order chi connectivity index (χ1) is 5.29. The van der Waals surface area contributed by atoms with Gasteiger partial charge in [-0.1, -0.05) is 0 Å². The Labute approximate surface area is 67.0 Å².